The van der Waals surface area contributed by atoms with Gasteiger partial charge in [-0.2, -0.15) is 0 Å². The molecule has 2 N–H and O–H groups in total. The van der Waals surface area contributed by atoms with Crippen molar-refractivity contribution >= 4 is 28.7 Å². The molecule has 7 nitrogen and oxygen atoms in total. The number of carbonyl (C=O) groups is 2. The lowest BCUT2D eigenvalue weighted by atomic mass is 9.92. The van der Waals surface area contributed by atoms with Gasteiger partial charge >= 0.3 is 12.1 Å². The molecule has 3 heterocycles. The molecule has 4 rings (SSSR count). The average Bonchev–Trinajstić information content (AvgIpc) is 3.23. The maximum Gasteiger partial charge on any atom is 0.407 e. The number of halogens is 1. The number of ether oxygens (including phenoxy) is 1. The Hall–Kier alpha value is -2.77. The van der Waals surface area contributed by atoms with Gasteiger partial charge in [-0.15, -0.1) is 0 Å². The smallest absolute Gasteiger partial charge is 0.407 e. The summed E-state index contributed by atoms with van der Waals surface area (Å²) in [5.74, 6) is -0.862. The molecule has 1 aromatic heterocycles. The summed E-state index contributed by atoms with van der Waals surface area (Å²) in [6, 6.07) is 1.10. The summed E-state index contributed by atoms with van der Waals surface area (Å²) < 4.78 is 20.5. The fourth-order valence-corrected chi connectivity index (χ4v) is 4.88. The van der Waals surface area contributed by atoms with E-state index in [9.17, 15) is 14.7 Å². The van der Waals surface area contributed by atoms with Crippen LogP contribution in [0.5, 0.6) is 0 Å². The lowest BCUT2D eigenvalue weighted by Crippen LogP contribution is -2.47. The van der Waals surface area contributed by atoms with Gasteiger partial charge in [0, 0.05) is 30.7 Å². The number of rotatable bonds is 3. The van der Waals surface area contributed by atoms with E-state index >= 15 is 4.39 Å². The maximum atomic E-state index is 15.4. The van der Waals surface area contributed by atoms with Crippen LogP contribution in [0.3, 0.4) is 0 Å². The zero-order chi connectivity index (χ0) is 20.9. The van der Waals surface area contributed by atoms with Crippen molar-refractivity contribution in [3.63, 3.8) is 0 Å². The van der Waals surface area contributed by atoms with Crippen LogP contribution in [0.1, 0.15) is 41.4 Å². The number of likely N-dealkylation sites (tertiary alicyclic amines) is 1. The minimum absolute atomic E-state index is 0.138. The van der Waals surface area contributed by atoms with E-state index in [1.807, 2.05) is 18.7 Å². The van der Waals surface area contributed by atoms with Crippen LogP contribution in [-0.4, -0.2) is 59.3 Å². The summed E-state index contributed by atoms with van der Waals surface area (Å²) in [7, 11) is 0. The molecule has 0 radical (unpaired) electrons. The summed E-state index contributed by atoms with van der Waals surface area (Å²) in [5.41, 5.74) is 2.93. The number of benzene rings is 1. The van der Waals surface area contributed by atoms with Gasteiger partial charge in [0.15, 0.2) is 0 Å². The highest BCUT2D eigenvalue weighted by molar-refractivity contribution is 6.09. The Labute approximate surface area is 168 Å². The SMILES string of the molecule is CCOC(=O)c1cc(F)c(N2CC3CCCN(C(=O)O)C3C2)c2c(C)c(C)[nH]c12. The standard InChI is InChI=1S/C21H26FN3O4/c1-4-29-20(26)14-8-15(22)19(17-11(2)12(3)23-18(14)17)24-9-13-6-5-7-25(21(27)28)16(13)10-24/h8,13,16,23H,4-7,9-10H2,1-3H3,(H,27,28). The van der Waals surface area contributed by atoms with Gasteiger partial charge in [0.1, 0.15) is 5.82 Å². The molecule has 1 amide bonds. The van der Waals surface area contributed by atoms with Crippen LogP contribution in [0.4, 0.5) is 14.9 Å². The van der Waals surface area contributed by atoms with E-state index in [0.29, 0.717) is 36.2 Å². The van der Waals surface area contributed by atoms with E-state index in [2.05, 4.69) is 4.98 Å². The predicted octanol–water partition coefficient (Wildman–Crippen LogP) is 3.68. The normalized spacial score (nSPS) is 21.5. The molecule has 2 unspecified atom stereocenters. The highest BCUT2D eigenvalue weighted by Gasteiger charge is 2.42. The first-order valence-corrected chi connectivity index (χ1v) is 10.1. The Morgan fingerprint density at radius 2 is 2.10 bits per heavy atom. The lowest BCUT2D eigenvalue weighted by Gasteiger charge is -2.34. The first-order valence-electron chi connectivity index (χ1n) is 10.1. The summed E-state index contributed by atoms with van der Waals surface area (Å²) >= 11 is 0. The van der Waals surface area contributed by atoms with E-state index in [1.165, 1.54) is 11.0 Å². The van der Waals surface area contributed by atoms with Crippen LogP contribution in [0, 0.1) is 25.6 Å². The fourth-order valence-electron chi connectivity index (χ4n) is 4.88. The number of piperidine rings is 1. The number of nitrogens with one attached hydrogen (secondary N) is 1. The molecule has 2 aliphatic heterocycles. The molecule has 2 fully saturated rings. The van der Waals surface area contributed by atoms with E-state index < -0.39 is 17.9 Å². The van der Waals surface area contributed by atoms with Gasteiger partial charge in [-0.25, -0.2) is 14.0 Å². The number of hydrogen-bond acceptors (Lipinski definition) is 4. The van der Waals surface area contributed by atoms with Gasteiger partial charge in [-0.3, -0.25) is 0 Å². The van der Waals surface area contributed by atoms with Crippen molar-refractivity contribution in [2.24, 2.45) is 5.92 Å². The van der Waals surface area contributed by atoms with E-state index in [4.69, 9.17) is 4.74 Å². The monoisotopic (exact) mass is 403 g/mol. The van der Waals surface area contributed by atoms with Gasteiger partial charge in [-0.1, -0.05) is 0 Å². The van der Waals surface area contributed by atoms with Crippen molar-refractivity contribution in [3.8, 4) is 0 Å². The van der Waals surface area contributed by atoms with E-state index in [0.717, 1.165) is 24.1 Å². The second-order valence-corrected chi connectivity index (χ2v) is 7.95. The van der Waals surface area contributed by atoms with Gasteiger partial charge in [0.05, 0.1) is 29.4 Å². The molecular weight excluding hydrogens is 377 g/mol. The topological polar surface area (TPSA) is 85.9 Å². The van der Waals surface area contributed by atoms with Crippen molar-refractivity contribution < 1.29 is 23.8 Å². The largest absolute Gasteiger partial charge is 0.465 e. The molecule has 2 aromatic rings. The van der Waals surface area contributed by atoms with Gasteiger partial charge in [0.2, 0.25) is 0 Å². The minimum Gasteiger partial charge on any atom is -0.465 e. The number of anilines is 1. The molecule has 2 atom stereocenters. The Balaban J connectivity index is 1.81. The molecule has 2 aliphatic rings. The number of aryl methyl sites for hydroxylation is 2. The number of aromatic nitrogens is 1. The number of esters is 1. The number of hydrogen-bond donors (Lipinski definition) is 2. The quantitative estimate of drug-likeness (QED) is 0.764. The van der Waals surface area contributed by atoms with Crippen LogP contribution in [0.25, 0.3) is 10.9 Å². The summed E-state index contributed by atoms with van der Waals surface area (Å²) in [6.07, 6.45) is 0.837. The lowest BCUT2D eigenvalue weighted by molar-refractivity contribution is 0.0528. The number of carboxylic acid groups (broad SMARTS) is 1. The van der Waals surface area contributed by atoms with Crippen LogP contribution in [-0.2, 0) is 4.74 Å². The highest BCUT2D eigenvalue weighted by Crippen LogP contribution is 2.41. The second-order valence-electron chi connectivity index (χ2n) is 7.95. The maximum absolute atomic E-state index is 15.4. The van der Waals surface area contributed by atoms with Crippen molar-refractivity contribution in [2.75, 3.05) is 31.1 Å². The van der Waals surface area contributed by atoms with Gasteiger partial charge in [-0.05, 0) is 51.2 Å². The Morgan fingerprint density at radius 1 is 1.34 bits per heavy atom. The molecule has 0 aliphatic carbocycles. The number of fused-ring (bicyclic) bond motifs is 2. The van der Waals surface area contributed by atoms with E-state index in [1.54, 1.807) is 6.92 Å². The first kappa shape index (κ1) is 19.5. The fraction of sp³-hybridized carbons (Fsp3) is 0.524. The molecule has 0 spiro atoms. The summed E-state index contributed by atoms with van der Waals surface area (Å²) in [4.78, 5) is 30.7. The first-order chi connectivity index (χ1) is 13.8. The number of H-pyrrole nitrogens is 1. The van der Waals surface area contributed by atoms with Crippen molar-refractivity contribution in [3.05, 3.63) is 28.7 Å². The van der Waals surface area contributed by atoms with Gasteiger partial charge < -0.3 is 24.6 Å². The van der Waals surface area contributed by atoms with E-state index in [-0.39, 0.29) is 24.1 Å². The number of amides is 1. The van der Waals surface area contributed by atoms with Crippen LogP contribution in [0.15, 0.2) is 6.07 Å². The third-order valence-electron chi connectivity index (χ3n) is 6.34. The zero-order valence-corrected chi connectivity index (χ0v) is 16.9. The number of aromatic amines is 1. The molecule has 29 heavy (non-hydrogen) atoms. The number of nitrogens with zero attached hydrogens (tertiary/aromatic N) is 2. The highest BCUT2D eigenvalue weighted by atomic mass is 19.1. The van der Waals surface area contributed by atoms with Crippen LogP contribution in [0.2, 0.25) is 0 Å². The third-order valence-corrected chi connectivity index (χ3v) is 6.34. The Morgan fingerprint density at radius 3 is 2.79 bits per heavy atom. The second kappa shape index (κ2) is 7.24. The molecule has 8 heteroatoms. The zero-order valence-electron chi connectivity index (χ0n) is 16.9. The molecule has 2 saturated heterocycles. The van der Waals surface area contributed by atoms with Crippen molar-refractivity contribution in [1.82, 2.24) is 9.88 Å². The number of carbonyl (C=O) groups excluding carboxylic acids is 1. The summed E-state index contributed by atoms with van der Waals surface area (Å²) in [6.45, 7) is 7.29. The molecule has 0 bridgehead atoms. The van der Waals surface area contributed by atoms with Gasteiger partial charge in [0.25, 0.3) is 0 Å². The molecular formula is C21H26FN3O4. The Kier molecular flexibility index (Phi) is 4.88. The third kappa shape index (κ3) is 3.10. The average molecular weight is 403 g/mol. The van der Waals surface area contributed by atoms with Crippen LogP contribution >= 0.6 is 0 Å². The molecule has 156 valence electrons. The van der Waals surface area contributed by atoms with Crippen molar-refractivity contribution in [1.29, 1.82) is 0 Å². The van der Waals surface area contributed by atoms with Crippen molar-refractivity contribution in [2.45, 2.75) is 39.7 Å². The Bertz CT molecular complexity index is 986. The van der Waals surface area contributed by atoms with Crippen LogP contribution < -0.4 is 4.90 Å². The summed E-state index contributed by atoms with van der Waals surface area (Å²) in [5, 5.41) is 10.2. The molecule has 1 aromatic carbocycles. The predicted molar refractivity (Wildman–Crippen MR) is 107 cm³/mol. The molecule has 0 saturated carbocycles. The minimum atomic E-state index is -0.918.